The predicted octanol–water partition coefficient (Wildman–Crippen LogP) is 4.13. The van der Waals surface area contributed by atoms with Crippen LogP contribution in [0, 0.1) is 17.0 Å². The zero-order chi connectivity index (χ0) is 14.9. The fourth-order valence-electron chi connectivity index (χ4n) is 1.32. The lowest BCUT2D eigenvalue weighted by atomic mass is 10.4. The lowest BCUT2D eigenvalue weighted by Crippen LogP contribution is -2.08. The van der Waals surface area contributed by atoms with Crippen LogP contribution in [0.15, 0.2) is 10.5 Å². The van der Waals surface area contributed by atoms with Gasteiger partial charge >= 0.3 is 11.2 Å². The maximum atomic E-state index is 12.7. The number of nitrogens with zero attached hydrogens (tertiary/aromatic N) is 3. The molecule has 0 aliphatic rings. The normalized spacial score (nSPS) is 11.8. The molecular formula is C9H6F3N3O2S3. The van der Waals surface area contributed by atoms with Crippen molar-refractivity contribution in [2.45, 2.75) is 23.2 Å². The van der Waals surface area contributed by atoms with E-state index >= 15 is 0 Å². The van der Waals surface area contributed by atoms with Crippen molar-refractivity contribution < 1.29 is 18.1 Å². The summed E-state index contributed by atoms with van der Waals surface area (Å²) in [6.07, 6.45) is -3.40. The van der Waals surface area contributed by atoms with Gasteiger partial charge in [-0.2, -0.15) is 13.2 Å². The standard InChI is InChI=1S/C9H6F3N3O2S3/c1-4-14-7(9(10,11)12)5(19-4)3-18-8-13-2-6(20-8)15(16)17/h2H,3H2,1H3. The summed E-state index contributed by atoms with van der Waals surface area (Å²) in [5.41, 5.74) is -0.890. The molecule has 11 heteroatoms. The molecule has 0 aliphatic heterocycles. The summed E-state index contributed by atoms with van der Waals surface area (Å²) in [4.78, 5) is 17.3. The molecule has 0 aromatic carbocycles. The highest BCUT2D eigenvalue weighted by atomic mass is 32.2. The first kappa shape index (κ1) is 15.2. The molecule has 0 radical (unpaired) electrons. The van der Waals surface area contributed by atoms with E-state index < -0.39 is 16.8 Å². The Kier molecular flexibility index (Phi) is 4.30. The van der Waals surface area contributed by atoms with Crippen LogP contribution < -0.4 is 0 Å². The number of hydrogen-bond acceptors (Lipinski definition) is 7. The number of nitro groups is 1. The number of rotatable bonds is 4. The smallest absolute Gasteiger partial charge is 0.257 e. The van der Waals surface area contributed by atoms with Crippen molar-refractivity contribution in [3.05, 3.63) is 31.9 Å². The summed E-state index contributed by atoms with van der Waals surface area (Å²) in [5.74, 6) is 0.0328. The number of thiazole rings is 2. The minimum absolute atomic E-state index is 0.0328. The van der Waals surface area contributed by atoms with Crippen LogP contribution in [0.1, 0.15) is 15.6 Å². The Labute approximate surface area is 123 Å². The molecule has 0 saturated heterocycles. The Hall–Kier alpha value is -1.20. The average molecular weight is 341 g/mol. The molecule has 0 unspecified atom stereocenters. The summed E-state index contributed by atoms with van der Waals surface area (Å²) in [6, 6.07) is 0. The van der Waals surface area contributed by atoms with Crippen molar-refractivity contribution in [3.8, 4) is 0 Å². The van der Waals surface area contributed by atoms with E-state index in [9.17, 15) is 23.3 Å². The van der Waals surface area contributed by atoms with E-state index in [1.54, 1.807) is 0 Å². The van der Waals surface area contributed by atoms with Crippen molar-refractivity contribution >= 4 is 39.4 Å². The molecular weight excluding hydrogens is 335 g/mol. The highest BCUT2D eigenvalue weighted by Gasteiger charge is 2.37. The Bertz CT molecular complexity index is 638. The molecule has 0 atom stereocenters. The molecule has 0 aliphatic carbocycles. The number of hydrogen-bond donors (Lipinski definition) is 0. The zero-order valence-corrected chi connectivity index (χ0v) is 12.3. The van der Waals surface area contributed by atoms with Crippen LogP contribution in [-0.4, -0.2) is 14.9 Å². The second kappa shape index (κ2) is 5.66. The SMILES string of the molecule is Cc1nc(C(F)(F)F)c(CSc2ncc([N+](=O)[O-])s2)s1. The van der Waals surface area contributed by atoms with Crippen molar-refractivity contribution in [2.75, 3.05) is 0 Å². The second-order valence-corrected chi connectivity index (χ2v) is 7.03. The molecule has 2 aromatic heterocycles. The van der Waals surface area contributed by atoms with Crippen molar-refractivity contribution in [3.63, 3.8) is 0 Å². The van der Waals surface area contributed by atoms with Gasteiger partial charge in [-0.15, -0.1) is 11.3 Å². The average Bonchev–Trinajstić information content (AvgIpc) is 2.91. The van der Waals surface area contributed by atoms with Crippen LogP contribution in [0.3, 0.4) is 0 Å². The zero-order valence-electron chi connectivity index (χ0n) is 9.80. The molecule has 5 nitrogen and oxygen atoms in total. The summed E-state index contributed by atoms with van der Waals surface area (Å²) in [5, 5.41) is 10.7. The van der Waals surface area contributed by atoms with Crippen molar-refractivity contribution in [2.24, 2.45) is 0 Å². The minimum atomic E-state index is -4.49. The summed E-state index contributed by atoms with van der Waals surface area (Å²) in [7, 11) is 0. The fourth-order valence-corrected chi connectivity index (χ4v) is 4.13. The number of aryl methyl sites for hydroxylation is 1. The maximum absolute atomic E-state index is 12.7. The Morgan fingerprint density at radius 1 is 1.45 bits per heavy atom. The summed E-state index contributed by atoms with van der Waals surface area (Å²) < 4.78 is 38.5. The van der Waals surface area contributed by atoms with Gasteiger partial charge < -0.3 is 0 Å². The molecule has 0 amide bonds. The third-order valence-electron chi connectivity index (χ3n) is 2.05. The molecule has 0 bridgehead atoms. The third kappa shape index (κ3) is 3.46. The van der Waals surface area contributed by atoms with Gasteiger partial charge in [0.15, 0.2) is 10.0 Å². The van der Waals surface area contributed by atoms with Crippen LogP contribution in [0.5, 0.6) is 0 Å². The van der Waals surface area contributed by atoms with E-state index in [0.29, 0.717) is 9.35 Å². The number of halogens is 3. The minimum Gasteiger partial charge on any atom is -0.257 e. The first-order valence-corrected chi connectivity index (χ1v) is 7.65. The van der Waals surface area contributed by atoms with Gasteiger partial charge in [-0.1, -0.05) is 11.8 Å². The molecule has 0 N–H and O–H groups in total. The number of thioether (sulfide) groups is 1. The van der Waals surface area contributed by atoms with Gasteiger partial charge in [-0.25, -0.2) is 9.97 Å². The van der Waals surface area contributed by atoms with Crippen LogP contribution in [0.4, 0.5) is 18.2 Å². The Morgan fingerprint density at radius 2 is 2.15 bits per heavy atom. The molecule has 2 aromatic rings. The van der Waals surface area contributed by atoms with Crippen LogP contribution >= 0.6 is 34.4 Å². The van der Waals surface area contributed by atoms with Crippen LogP contribution in [-0.2, 0) is 11.9 Å². The number of alkyl halides is 3. The van der Waals surface area contributed by atoms with E-state index in [2.05, 4.69) is 9.97 Å². The lowest BCUT2D eigenvalue weighted by molar-refractivity contribution is -0.380. The summed E-state index contributed by atoms with van der Waals surface area (Å²) in [6.45, 7) is 1.50. The van der Waals surface area contributed by atoms with E-state index in [1.165, 1.54) is 6.92 Å². The maximum Gasteiger partial charge on any atom is 0.434 e. The lowest BCUT2D eigenvalue weighted by Gasteiger charge is -2.04. The van der Waals surface area contributed by atoms with Gasteiger partial charge in [0.25, 0.3) is 0 Å². The van der Waals surface area contributed by atoms with Crippen LogP contribution in [0.2, 0.25) is 0 Å². The van der Waals surface area contributed by atoms with E-state index in [1.807, 2.05) is 0 Å². The van der Waals surface area contributed by atoms with Gasteiger partial charge in [0.2, 0.25) is 0 Å². The van der Waals surface area contributed by atoms with Crippen molar-refractivity contribution in [1.82, 2.24) is 9.97 Å². The molecule has 0 fully saturated rings. The highest BCUT2D eigenvalue weighted by molar-refractivity contribution is 8.00. The fraction of sp³-hybridized carbons (Fsp3) is 0.333. The third-order valence-corrected chi connectivity index (χ3v) is 5.34. The van der Waals surface area contributed by atoms with Gasteiger partial charge in [0.1, 0.15) is 6.20 Å². The first-order valence-electron chi connectivity index (χ1n) is 5.04. The Balaban J connectivity index is 2.12. The first-order chi connectivity index (χ1) is 9.27. The van der Waals surface area contributed by atoms with Gasteiger partial charge in [0, 0.05) is 10.6 Å². The van der Waals surface area contributed by atoms with Crippen LogP contribution in [0.25, 0.3) is 0 Å². The molecule has 108 valence electrons. The van der Waals surface area contributed by atoms with Gasteiger partial charge in [-0.05, 0) is 18.3 Å². The molecule has 20 heavy (non-hydrogen) atoms. The van der Waals surface area contributed by atoms with Gasteiger partial charge in [0.05, 0.1) is 9.93 Å². The highest BCUT2D eigenvalue weighted by Crippen LogP contribution is 2.38. The number of aromatic nitrogens is 2. The predicted molar refractivity (Wildman–Crippen MR) is 70.2 cm³/mol. The largest absolute Gasteiger partial charge is 0.434 e. The van der Waals surface area contributed by atoms with Crippen molar-refractivity contribution in [1.29, 1.82) is 0 Å². The molecule has 2 rings (SSSR count). The Morgan fingerprint density at radius 3 is 2.70 bits per heavy atom. The van der Waals surface area contributed by atoms with E-state index in [-0.39, 0.29) is 15.6 Å². The topological polar surface area (TPSA) is 68.9 Å². The monoisotopic (exact) mass is 341 g/mol. The van der Waals surface area contributed by atoms with E-state index in [0.717, 1.165) is 40.6 Å². The summed E-state index contributed by atoms with van der Waals surface area (Å²) >= 11 is 2.83. The van der Waals surface area contributed by atoms with Gasteiger partial charge in [-0.3, -0.25) is 10.1 Å². The van der Waals surface area contributed by atoms with E-state index in [4.69, 9.17) is 0 Å². The quantitative estimate of drug-likeness (QED) is 0.475. The molecule has 0 spiro atoms. The second-order valence-electron chi connectivity index (χ2n) is 3.51. The molecule has 2 heterocycles. The molecule has 0 saturated carbocycles.